The Hall–Kier alpha value is -5.80. The van der Waals surface area contributed by atoms with Gasteiger partial charge >= 0.3 is 12.9 Å². The molecular weight excluding hydrogens is 698 g/mol. The molecule has 12 nitrogen and oxygen atoms in total. The summed E-state index contributed by atoms with van der Waals surface area (Å²) >= 11 is 0. The van der Waals surface area contributed by atoms with Crippen LogP contribution in [0.5, 0.6) is 11.5 Å². The normalized spacial score (nSPS) is 14.9. The highest BCUT2D eigenvalue weighted by molar-refractivity contribution is 5.99. The van der Waals surface area contributed by atoms with Crippen molar-refractivity contribution in [3.63, 3.8) is 0 Å². The first-order valence-electron chi connectivity index (χ1n) is 16.7. The molecular formula is C37H35F4N7O5. The third-order valence-corrected chi connectivity index (χ3v) is 9.28. The molecule has 3 aromatic heterocycles. The third kappa shape index (κ3) is 8.64. The number of hydrogen-bond acceptors (Lipinski definition) is 11. The van der Waals surface area contributed by atoms with Crippen LogP contribution in [0.2, 0.25) is 0 Å². The van der Waals surface area contributed by atoms with Gasteiger partial charge < -0.3 is 19.2 Å². The van der Waals surface area contributed by atoms with E-state index in [-0.39, 0.29) is 22.3 Å². The Balaban J connectivity index is 0.000000181. The zero-order chi connectivity index (χ0) is 37.6. The van der Waals surface area contributed by atoms with Crippen LogP contribution >= 0.6 is 0 Å². The topological polar surface area (TPSA) is 155 Å². The number of benzene rings is 2. The second-order valence-corrected chi connectivity index (χ2v) is 12.8. The first-order chi connectivity index (χ1) is 25.6. The van der Waals surface area contributed by atoms with Crippen molar-refractivity contribution >= 4 is 11.7 Å². The van der Waals surface area contributed by atoms with E-state index in [1.54, 1.807) is 14.2 Å². The van der Waals surface area contributed by atoms with Crippen molar-refractivity contribution in [2.75, 3.05) is 20.8 Å². The molecule has 16 heteroatoms. The Kier molecular flexibility index (Phi) is 11.0. The Morgan fingerprint density at radius 3 is 1.68 bits per heavy atom. The van der Waals surface area contributed by atoms with Gasteiger partial charge in [0, 0.05) is 59.6 Å². The number of para-hydroxylation sites is 2. The Morgan fingerprint density at radius 1 is 0.755 bits per heavy atom. The van der Waals surface area contributed by atoms with Crippen LogP contribution < -0.4 is 14.8 Å². The van der Waals surface area contributed by atoms with Crippen LogP contribution in [0.4, 0.5) is 17.6 Å². The molecule has 2 aliphatic carbocycles. The summed E-state index contributed by atoms with van der Waals surface area (Å²) in [6.07, 6.45) is 5.17. The number of amides is 1. The average molecular weight is 734 g/mol. The maximum Gasteiger partial charge on any atom is 0.315 e. The summed E-state index contributed by atoms with van der Waals surface area (Å²) in [5.41, 5.74) is 2.77. The number of ketones is 1. The molecule has 0 spiro atoms. The first-order valence-corrected chi connectivity index (χ1v) is 16.7. The smallest absolute Gasteiger partial charge is 0.315 e. The molecule has 2 aliphatic rings. The molecule has 0 atom stereocenters. The highest BCUT2D eigenvalue weighted by atomic mass is 19.3. The fourth-order valence-electron chi connectivity index (χ4n) is 6.09. The number of Topliss-reactive ketones (excluding diaryl/α,β-unsaturated/α-hetero) is 1. The molecule has 0 bridgehead atoms. The molecule has 7 rings (SSSR count). The monoisotopic (exact) mass is 733 g/mol. The molecule has 2 fully saturated rings. The number of aromatic nitrogens is 6. The number of methoxy groups -OCH3 is 2. The van der Waals surface area contributed by atoms with Crippen LogP contribution in [0.15, 0.2) is 77.7 Å². The van der Waals surface area contributed by atoms with Gasteiger partial charge in [0.15, 0.2) is 5.78 Å². The Bertz CT molecular complexity index is 2040. The van der Waals surface area contributed by atoms with Crippen LogP contribution in [0.25, 0.3) is 11.5 Å². The fraction of sp³-hybridized carbons (Fsp3) is 0.351. The van der Waals surface area contributed by atoms with Gasteiger partial charge in [0.25, 0.3) is 17.7 Å². The summed E-state index contributed by atoms with van der Waals surface area (Å²) in [5, 5.41) is 8.78. The van der Waals surface area contributed by atoms with Crippen molar-refractivity contribution < 1.29 is 41.0 Å². The van der Waals surface area contributed by atoms with Crippen molar-refractivity contribution in [1.29, 1.82) is 0 Å². The number of hydrogen-bond donors (Lipinski definition) is 1. The summed E-state index contributed by atoms with van der Waals surface area (Å²) in [4.78, 5) is 39.9. The molecule has 0 unspecified atom stereocenters. The van der Waals surface area contributed by atoms with Crippen LogP contribution in [0, 0.1) is 0 Å². The predicted octanol–water partition coefficient (Wildman–Crippen LogP) is 6.07. The van der Waals surface area contributed by atoms with E-state index in [1.807, 2.05) is 47.8 Å². The molecule has 53 heavy (non-hydrogen) atoms. The summed E-state index contributed by atoms with van der Waals surface area (Å²) in [7, 11) is 3.30. The lowest BCUT2D eigenvalue weighted by Gasteiger charge is -2.18. The SMILES string of the molecule is COc1ccccc1C1(Cc2ncc(-c3nnc(C(F)F)o3)cn2)CC1.COc1ccccc1C1(Cc2ncc(C(=O)CNC(=O)C(F)F)cn2)CC1. The minimum Gasteiger partial charge on any atom is -0.496 e. The molecule has 2 saturated carbocycles. The highest BCUT2D eigenvalue weighted by Crippen LogP contribution is 2.54. The van der Waals surface area contributed by atoms with Gasteiger partial charge in [-0.15, -0.1) is 10.2 Å². The number of carbonyl (C=O) groups excluding carboxylic acids is 2. The molecule has 2 aromatic carbocycles. The maximum atomic E-state index is 12.5. The van der Waals surface area contributed by atoms with Gasteiger partial charge in [-0.1, -0.05) is 36.4 Å². The molecule has 276 valence electrons. The fourth-order valence-corrected chi connectivity index (χ4v) is 6.09. The van der Waals surface area contributed by atoms with Crippen molar-refractivity contribution in [3.8, 4) is 23.0 Å². The standard InChI is InChI=1S/C19H19F2N3O3.C18H16F2N4O2/c1-27-15-5-3-2-4-13(15)19(6-7-19)8-16-22-9-12(10-23-16)14(25)11-24-18(26)17(20)21;1-25-13-5-3-2-4-12(13)18(6-7-18)8-14-21-9-11(10-22-14)16-23-24-17(26-16)15(19)20/h2-5,9-10,17H,6-8,11H2,1H3,(H,24,26);2-5,9-10,15H,6-8H2,1H3. The maximum absolute atomic E-state index is 12.5. The lowest BCUT2D eigenvalue weighted by Crippen LogP contribution is -2.34. The van der Waals surface area contributed by atoms with Gasteiger partial charge in [0.2, 0.25) is 0 Å². The number of ether oxygens (including phenoxy) is 2. The number of nitrogens with one attached hydrogen (secondary N) is 1. The highest BCUT2D eigenvalue weighted by Gasteiger charge is 2.47. The largest absolute Gasteiger partial charge is 0.496 e. The minimum absolute atomic E-state index is 0.0124. The molecule has 3 heterocycles. The average Bonchev–Trinajstić information content (AvgIpc) is 4.09. The number of halogens is 4. The van der Waals surface area contributed by atoms with Gasteiger partial charge in [-0.25, -0.2) is 19.9 Å². The Morgan fingerprint density at radius 2 is 1.25 bits per heavy atom. The van der Waals surface area contributed by atoms with Crippen molar-refractivity contribution in [1.82, 2.24) is 35.5 Å². The first kappa shape index (κ1) is 37.0. The van der Waals surface area contributed by atoms with Gasteiger partial charge in [-0.05, 0) is 37.8 Å². The van der Waals surface area contributed by atoms with Gasteiger partial charge in [0.1, 0.15) is 23.1 Å². The second kappa shape index (κ2) is 15.8. The molecule has 0 radical (unpaired) electrons. The molecule has 0 aliphatic heterocycles. The summed E-state index contributed by atoms with van der Waals surface area (Å²) in [6, 6.07) is 15.8. The second-order valence-electron chi connectivity index (χ2n) is 12.8. The van der Waals surface area contributed by atoms with Crippen LogP contribution in [-0.2, 0) is 28.5 Å². The molecule has 5 aromatic rings. The van der Waals surface area contributed by atoms with Crippen molar-refractivity contribution in [2.45, 2.75) is 62.2 Å². The lowest BCUT2D eigenvalue weighted by molar-refractivity contribution is -0.131. The van der Waals surface area contributed by atoms with Crippen molar-refractivity contribution in [3.05, 3.63) is 108 Å². The van der Waals surface area contributed by atoms with Crippen LogP contribution in [0.3, 0.4) is 0 Å². The molecule has 1 amide bonds. The van der Waals surface area contributed by atoms with Crippen LogP contribution in [-0.4, -0.2) is 69.0 Å². The number of nitrogens with zero attached hydrogens (tertiary/aromatic N) is 6. The minimum atomic E-state index is -3.15. The lowest BCUT2D eigenvalue weighted by atomic mass is 9.91. The van der Waals surface area contributed by atoms with E-state index in [1.165, 1.54) is 24.8 Å². The van der Waals surface area contributed by atoms with E-state index in [0.29, 0.717) is 30.1 Å². The summed E-state index contributed by atoms with van der Waals surface area (Å²) < 4.78 is 65.2. The van der Waals surface area contributed by atoms with Crippen LogP contribution in [0.1, 0.15) is 71.1 Å². The number of rotatable bonds is 14. The van der Waals surface area contributed by atoms with E-state index in [0.717, 1.165) is 48.3 Å². The van der Waals surface area contributed by atoms with Gasteiger partial charge in [0.05, 0.1) is 31.9 Å². The van der Waals surface area contributed by atoms with E-state index in [2.05, 4.69) is 36.2 Å². The molecule has 0 saturated heterocycles. The van der Waals surface area contributed by atoms with E-state index < -0.39 is 37.0 Å². The molecule has 1 N–H and O–H groups in total. The predicted molar refractivity (Wildman–Crippen MR) is 181 cm³/mol. The zero-order valence-electron chi connectivity index (χ0n) is 28.8. The summed E-state index contributed by atoms with van der Waals surface area (Å²) in [5.74, 6) is 0.227. The van der Waals surface area contributed by atoms with Crippen molar-refractivity contribution in [2.24, 2.45) is 0 Å². The van der Waals surface area contributed by atoms with Gasteiger partial charge in [-0.2, -0.15) is 17.6 Å². The Labute approximate surface area is 301 Å². The summed E-state index contributed by atoms with van der Waals surface area (Å²) in [6.45, 7) is -0.517. The number of alkyl halides is 4. The quantitative estimate of drug-likeness (QED) is 0.104. The van der Waals surface area contributed by atoms with E-state index in [4.69, 9.17) is 13.9 Å². The van der Waals surface area contributed by atoms with E-state index in [9.17, 15) is 27.2 Å². The van der Waals surface area contributed by atoms with E-state index >= 15 is 0 Å². The third-order valence-electron chi connectivity index (χ3n) is 9.28. The number of carbonyl (C=O) groups is 2. The zero-order valence-corrected chi connectivity index (χ0v) is 28.8. The van der Waals surface area contributed by atoms with Gasteiger partial charge in [-0.3, -0.25) is 9.59 Å².